The van der Waals surface area contributed by atoms with Gasteiger partial charge in [0.15, 0.2) is 0 Å². The van der Waals surface area contributed by atoms with Crippen LogP contribution in [0.5, 0.6) is 5.75 Å². The number of hydrogen-bond donors (Lipinski definition) is 1. The molecule has 2 rings (SSSR count). The molecule has 1 amide bonds. The van der Waals surface area contributed by atoms with Gasteiger partial charge >= 0.3 is 0 Å². The molecule has 2 N–H and O–H groups in total. The van der Waals surface area contributed by atoms with Crippen molar-refractivity contribution in [1.29, 1.82) is 0 Å². The van der Waals surface area contributed by atoms with Gasteiger partial charge in [-0.05, 0) is 12.1 Å². The molecule has 0 unspecified atom stereocenters. The summed E-state index contributed by atoms with van der Waals surface area (Å²) in [5, 5.41) is 0. The van der Waals surface area contributed by atoms with E-state index < -0.39 is 0 Å². The highest BCUT2D eigenvalue weighted by atomic mass is 16.5. The Labute approximate surface area is 100 Å². The molecule has 5 heteroatoms. The second-order valence-corrected chi connectivity index (χ2v) is 3.83. The largest absolute Gasteiger partial charge is 0.496 e. The second kappa shape index (κ2) is 5.05. The number of anilines is 1. The minimum atomic E-state index is -0.0942. The monoisotopic (exact) mass is 236 g/mol. The third-order valence-corrected chi connectivity index (χ3v) is 2.79. The van der Waals surface area contributed by atoms with Crippen LogP contribution in [0.1, 0.15) is 10.4 Å². The van der Waals surface area contributed by atoms with Gasteiger partial charge in [-0.3, -0.25) is 4.79 Å². The Kier molecular flexibility index (Phi) is 3.49. The van der Waals surface area contributed by atoms with Gasteiger partial charge in [0.2, 0.25) is 0 Å². The van der Waals surface area contributed by atoms with E-state index in [4.69, 9.17) is 15.2 Å². The zero-order valence-electron chi connectivity index (χ0n) is 9.81. The molecule has 1 heterocycles. The maximum absolute atomic E-state index is 12.3. The van der Waals surface area contributed by atoms with E-state index in [1.54, 1.807) is 23.1 Å². The van der Waals surface area contributed by atoms with E-state index in [0.717, 1.165) is 0 Å². The molecule has 1 aliphatic heterocycles. The number of carbonyl (C=O) groups excluding carboxylic acids is 1. The lowest BCUT2D eigenvalue weighted by molar-refractivity contribution is 0.0301. The van der Waals surface area contributed by atoms with Gasteiger partial charge < -0.3 is 20.1 Å². The molecular formula is C12H16N2O3. The molecule has 92 valence electrons. The summed E-state index contributed by atoms with van der Waals surface area (Å²) < 4.78 is 10.4. The van der Waals surface area contributed by atoms with Gasteiger partial charge in [-0.2, -0.15) is 0 Å². The van der Waals surface area contributed by atoms with Crippen molar-refractivity contribution >= 4 is 11.6 Å². The number of morpholine rings is 1. The average molecular weight is 236 g/mol. The summed E-state index contributed by atoms with van der Waals surface area (Å²) in [5.41, 5.74) is 6.73. The second-order valence-electron chi connectivity index (χ2n) is 3.83. The fraction of sp³-hybridized carbons (Fsp3) is 0.417. The van der Waals surface area contributed by atoms with Crippen LogP contribution in [0.3, 0.4) is 0 Å². The lowest BCUT2D eigenvalue weighted by Gasteiger charge is -2.27. The van der Waals surface area contributed by atoms with Crippen molar-refractivity contribution in [2.45, 2.75) is 0 Å². The number of rotatable bonds is 2. The fourth-order valence-corrected chi connectivity index (χ4v) is 1.87. The first-order chi connectivity index (χ1) is 8.24. The van der Waals surface area contributed by atoms with Crippen molar-refractivity contribution in [3.05, 3.63) is 23.8 Å². The van der Waals surface area contributed by atoms with Crippen molar-refractivity contribution in [1.82, 2.24) is 4.90 Å². The Bertz CT molecular complexity index is 414. The summed E-state index contributed by atoms with van der Waals surface area (Å²) >= 11 is 0. The van der Waals surface area contributed by atoms with Crippen LogP contribution in [-0.2, 0) is 4.74 Å². The molecule has 0 bridgehead atoms. The number of amides is 1. The summed E-state index contributed by atoms with van der Waals surface area (Å²) in [4.78, 5) is 14.0. The molecule has 17 heavy (non-hydrogen) atoms. The van der Waals surface area contributed by atoms with E-state index in [-0.39, 0.29) is 5.91 Å². The van der Waals surface area contributed by atoms with Gasteiger partial charge in [-0.25, -0.2) is 0 Å². The maximum Gasteiger partial charge on any atom is 0.259 e. The SMILES string of the molecule is COc1cccc(N)c1C(=O)N1CCOCC1. The van der Waals surface area contributed by atoms with Crippen LogP contribution in [0.4, 0.5) is 5.69 Å². The number of carbonyl (C=O) groups is 1. The first-order valence-corrected chi connectivity index (χ1v) is 5.53. The van der Waals surface area contributed by atoms with Crippen LogP contribution >= 0.6 is 0 Å². The summed E-state index contributed by atoms with van der Waals surface area (Å²) in [7, 11) is 1.53. The zero-order valence-corrected chi connectivity index (χ0v) is 9.81. The molecule has 1 fully saturated rings. The van der Waals surface area contributed by atoms with Gasteiger partial charge in [-0.1, -0.05) is 6.07 Å². The van der Waals surface area contributed by atoms with Gasteiger partial charge in [0, 0.05) is 18.8 Å². The van der Waals surface area contributed by atoms with Crippen LogP contribution in [0, 0.1) is 0 Å². The van der Waals surface area contributed by atoms with Crippen LogP contribution in [0.15, 0.2) is 18.2 Å². The van der Waals surface area contributed by atoms with Gasteiger partial charge in [-0.15, -0.1) is 0 Å². The van der Waals surface area contributed by atoms with Crippen LogP contribution in [0.25, 0.3) is 0 Å². The zero-order chi connectivity index (χ0) is 12.3. The molecule has 5 nitrogen and oxygen atoms in total. The Hall–Kier alpha value is -1.75. The predicted molar refractivity (Wildman–Crippen MR) is 64.1 cm³/mol. The number of methoxy groups -OCH3 is 1. The summed E-state index contributed by atoms with van der Waals surface area (Å²) in [5.74, 6) is 0.421. The maximum atomic E-state index is 12.3. The molecule has 1 saturated heterocycles. The third-order valence-electron chi connectivity index (χ3n) is 2.79. The van der Waals surface area contributed by atoms with Gasteiger partial charge in [0.25, 0.3) is 5.91 Å². The van der Waals surface area contributed by atoms with Crippen LogP contribution < -0.4 is 10.5 Å². The van der Waals surface area contributed by atoms with Crippen LogP contribution in [-0.4, -0.2) is 44.2 Å². The molecule has 0 saturated carbocycles. The quantitative estimate of drug-likeness (QED) is 0.769. The van der Waals surface area contributed by atoms with Crippen molar-refractivity contribution < 1.29 is 14.3 Å². The van der Waals surface area contributed by atoms with Crippen molar-refractivity contribution in [2.75, 3.05) is 39.1 Å². The Morgan fingerprint density at radius 1 is 1.41 bits per heavy atom. The Morgan fingerprint density at radius 2 is 2.12 bits per heavy atom. The van der Waals surface area contributed by atoms with Crippen molar-refractivity contribution in [3.8, 4) is 5.75 Å². The highest BCUT2D eigenvalue weighted by Crippen LogP contribution is 2.25. The van der Waals surface area contributed by atoms with Crippen molar-refractivity contribution in [3.63, 3.8) is 0 Å². The number of benzene rings is 1. The van der Waals surface area contributed by atoms with E-state index in [0.29, 0.717) is 43.3 Å². The number of ether oxygens (including phenoxy) is 2. The number of hydrogen-bond acceptors (Lipinski definition) is 4. The van der Waals surface area contributed by atoms with E-state index in [2.05, 4.69) is 0 Å². The number of nitrogens with zero attached hydrogens (tertiary/aromatic N) is 1. The molecule has 0 radical (unpaired) electrons. The minimum Gasteiger partial charge on any atom is -0.496 e. The highest BCUT2D eigenvalue weighted by molar-refractivity contribution is 6.01. The van der Waals surface area contributed by atoms with Crippen LogP contribution in [0.2, 0.25) is 0 Å². The summed E-state index contributed by atoms with van der Waals surface area (Å²) in [6, 6.07) is 5.21. The molecule has 0 spiro atoms. The minimum absolute atomic E-state index is 0.0942. The number of nitrogens with two attached hydrogens (primary N) is 1. The van der Waals surface area contributed by atoms with E-state index in [1.807, 2.05) is 0 Å². The first-order valence-electron chi connectivity index (χ1n) is 5.53. The molecule has 1 aromatic carbocycles. The van der Waals surface area contributed by atoms with Gasteiger partial charge in [0.05, 0.1) is 20.3 Å². The normalized spacial score (nSPS) is 15.7. The van der Waals surface area contributed by atoms with Crippen molar-refractivity contribution in [2.24, 2.45) is 0 Å². The Balaban J connectivity index is 2.29. The van der Waals surface area contributed by atoms with E-state index in [1.165, 1.54) is 7.11 Å². The van der Waals surface area contributed by atoms with E-state index >= 15 is 0 Å². The van der Waals surface area contributed by atoms with Gasteiger partial charge in [0.1, 0.15) is 11.3 Å². The summed E-state index contributed by atoms with van der Waals surface area (Å²) in [6.07, 6.45) is 0. The standard InChI is InChI=1S/C12H16N2O3/c1-16-10-4-2-3-9(13)11(10)12(15)14-5-7-17-8-6-14/h2-4H,5-8,13H2,1H3. The number of nitrogen functional groups attached to an aromatic ring is 1. The topological polar surface area (TPSA) is 64.8 Å². The lowest BCUT2D eigenvalue weighted by atomic mass is 10.1. The molecule has 1 aromatic rings. The average Bonchev–Trinajstić information content (AvgIpc) is 2.38. The fourth-order valence-electron chi connectivity index (χ4n) is 1.87. The lowest BCUT2D eigenvalue weighted by Crippen LogP contribution is -2.41. The van der Waals surface area contributed by atoms with E-state index in [9.17, 15) is 4.79 Å². The first kappa shape index (κ1) is 11.7. The molecule has 0 aromatic heterocycles. The Morgan fingerprint density at radius 3 is 2.76 bits per heavy atom. The third kappa shape index (κ3) is 2.34. The molecule has 1 aliphatic rings. The summed E-state index contributed by atoms with van der Waals surface area (Å²) in [6.45, 7) is 2.33. The molecular weight excluding hydrogens is 220 g/mol. The molecule has 0 atom stereocenters. The highest BCUT2D eigenvalue weighted by Gasteiger charge is 2.23. The smallest absolute Gasteiger partial charge is 0.259 e. The predicted octanol–water partition coefficient (Wildman–Crippen LogP) is 0.750. The molecule has 0 aliphatic carbocycles.